The number of carbonyl (C=O) groups is 3. The van der Waals surface area contributed by atoms with Crippen LogP contribution < -0.4 is 0 Å². The van der Waals surface area contributed by atoms with E-state index >= 15 is 0 Å². The van der Waals surface area contributed by atoms with Crippen molar-refractivity contribution in [3.05, 3.63) is 69.7 Å². The first kappa shape index (κ1) is 27.6. The summed E-state index contributed by atoms with van der Waals surface area (Å²) in [6.07, 6.45) is 0.408. The number of nitriles is 1. The highest BCUT2D eigenvalue weighted by Crippen LogP contribution is 2.34. The van der Waals surface area contributed by atoms with Crippen LogP contribution in [0.2, 0.25) is 0 Å². The second-order valence-electron chi connectivity index (χ2n) is 10.8. The van der Waals surface area contributed by atoms with E-state index in [0.29, 0.717) is 37.9 Å². The molecule has 38 heavy (non-hydrogen) atoms. The molecular weight excluding hydrogens is 550 g/mol. The van der Waals surface area contributed by atoms with Crippen LogP contribution in [0.4, 0.5) is 9.59 Å². The van der Waals surface area contributed by atoms with Crippen LogP contribution in [0.3, 0.4) is 0 Å². The van der Waals surface area contributed by atoms with Gasteiger partial charge >= 0.3 is 12.2 Å². The molecule has 2 aliphatic rings. The maximum Gasteiger partial charge on any atom is 0.416 e. The van der Waals surface area contributed by atoms with Crippen LogP contribution in [-0.2, 0) is 27.1 Å². The van der Waals surface area contributed by atoms with Crippen LogP contribution in [0.25, 0.3) is 0 Å². The van der Waals surface area contributed by atoms with Crippen LogP contribution in [0.1, 0.15) is 43.9 Å². The Kier molecular flexibility index (Phi) is 8.41. The summed E-state index contributed by atoms with van der Waals surface area (Å²) in [5.74, 6) is -1.06. The first-order chi connectivity index (χ1) is 18.1. The molecule has 3 atom stereocenters. The minimum atomic E-state index is -0.637. The standard InChI is InChI=1S/C29H32BrN3O5/c1-29(2,3)38-27(35)32-12-11-22(17-32)24(15-21-10-9-20(16-31)14-25(21)30)26(34)33-23(18-37-28(33)36)13-19-7-5-4-6-8-19/h4-10,14,22-24H,11-13,15,17-18H2,1-3H3/t22-,23-,24-/m0/s1. The van der Waals surface area contributed by atoms with Gasteiger partial charge in [-0.1, -0.05) is 52.3 Å². The van der Waals surface area contributed by atoms with E-state index in [2.05, 4.69) is 22.0 Å². The third kappa shape index (κ3) is 6.54. The lowest BCUT2D eigenvalue weighted by atomic mass is 9.84. The average Bonchev–Trinajstić information content (AvgIpc) is 3.49. The van der Waals surface area contributed by atoms with Gasteiger partial charge in [-0.25, -0.2) is 14.5 Å². The Balaban J connectivity index is 1.60. The first-order valence-corrected chi connectivity index (χ1v) is 13.5. The maximum atomic E-state index is 14.1. The zero-order valence-electron chi connectivity index (χ0n) is 21.9. The second kappa shape index (κ2) is 11.6. The van der Waals surface area contributed by atoms with Gasteiger partial charge in [0.05, 0.1) is 17.7 Å². The highest BCUT2D eigenvalue weighted by atomic mass is 79.9. The van der Waals surface area contributed by atoms with E-state index in [0.717, 1.165) is 15.6 Å². The van der Waals surface area contributed by atoms with Gasteiger partial charge in [-0.05, 0) is 69.2 Å². The number of hydrogen-bond donors (Lipinski definition) is 0. The van der Waals surface area contributed by atoms with E-state index in [9.17, 15) is 19.6 Å². The smallest absolute Gasteiger partial charge is 0.416 e. The molecule has 0 spiro atoms. The van der Waals surface area contributed by atoms with E-state index in [-0.39, 0.29) is 18.4 Å². The fraction of sp³-hybridized carbons (Fsp3) is 0.448. The van der Waals surface area contributed by atoms with E-state index < -0.39 is 29.7 Å². The summed E-state index contributed by atoms with van der Waals surface area (Å²) in [5, 5.41) is 9.25. The summed E-state index contributed by atoms with van der Waals surface area (Å²) in [6.45, 7) is 6.42. The fourth-order valence-electron chi connectivity index (χ4n) is 5.03. The summed E-state index contributed by atoms with van der Waals surface area (Å²) in [5.41, 5.74) is 1.75. The van der Waals surface area contributed by atoms with E-state index in [1.165, 1.54) is 4.90 Å². The van der Waals surface area contributed by atoms with Crippen molar-refractivity contribution in [1.29, 1.82) is 5.26 Å². The number of benzene rings is 2. The van der Waals surface area contributed by atoms with Crippen LogP contribution in [0.15, 0.2) is 53.0 Å². The average molecular weight is 582 g/mol. The molecule has 200 valence electrons. The summed E-state index contributed by atoms with van der Waals surface area (Å²) in [7, 11) is 0. The number of hydrogen-bond acceptors (Lipinski definition) is 6. The van der Waals surface area contributed by atoms with Gasteiger partial charge in [0.25, 0.3) is 0 Å². The van der Waals surface area contributed by atoms with Gasteiger partial charge in [-0.2, -0.15) is 5.26 Å². The Morgan fingerprint density at radius 2 is 1.95 bits per heavy atom. The molecule has 0 N–H and O–H groups in total. The SMILES string of the molecule is CC(C)(C)OC(=O)N1CC[C@H]([C@H](Cc2ccc(C#N)cc2Br)C(=O)N2C(=O)OC[C@@H]2Cc2ccccc2)C1. The number of rotatable bonds is 6. The number of likely N-dealkylation sites (tertiary alicyclic amines) is 1. The molecule has 4 rings (SSSR count). The van der Waals surface area contributed by atoms with Gasteiger partial charge in [-0.15, -0.1) is 0 Å². The zero-order valence-corrected chi connectivity index (χ0v) is 23.4. The lowest BCUT2D eigenvalue weighted by molar-refractivity contribution is -0.135. The number of halogens is 1. The van der Waals surface area contributed by atoms with Crippen LogP contribution in [0, 0.1) is 23.2 Å². The van der Waals surface area contributed by atoms with Crippen molar-refractivity contribution in [3.63, 3.8) is 0 Å². The first-order valence-electron chi connectivity index (χ1n) is 12.8. The van der Waals surface area contributed by atoms with Gasteiger partial charge < -0.3 is 14.4 Å². The minimum Gasteiger partial charge on any atom is -0.447 e. The largest absolute Gasteiger partial charge is 0.447 e. The highest BCUT2D eigenvalue weighted by Gasteiger charge is 2.45. The molecule has 0 saturated carbocycles. The van der Waals surface area contributed by atoms with Crippen LogP contribution in [0.5, 0.6) is 0 Å². The normalized spacial score (nSPS) is 20.1. The molecule has 2 fully saturated rings. The third-order valence-corrected chi connectivity index (χ3v) is 7.64. The predicted molar refractivity (Wildman–Crippen MR) is 144 cm³/mol. The molecule has 0 bridgehead atoms. The Bertz CT molecular complexity index is 1240. The quantitative estimate of drug-likeness (QED) is 0.457. The molecule has 2 aromatic carbocycles. The summed E-state index contributed by atoms with van der Waals surface area (Å²) < 4.78 is 11.6. The Morgan fingerprint density at radius 1 is 1.21 bits per heavy atom. The zero-order chi connectivity index (χ0) is 27.4. The molecule has 2 aliphatic heterocycles. The van der Waals surface area contributed by atoms with Crippen LogP contribution >= 0.6 is 15.9 Å². The molecule has 2 saturated heterocycles. The summed E-state index contributed by atoms with van der Waals surface area (Å²) in [6, 6.07) is 16.7. The number of ether oxygens (including phenoxy) is 2. The van der Waals surface area contributed by atoms with E-state index in [4.69, 9.17) is 9.47 Å². The minimum absolute atomic E-state index is 0.140. The van der Waals surface area contributed by atoms with Crippen molar-refractivity contribution in [1.82, 2.24) is 9.80 Å². The number of nitrogens with zero attached hydrogens (tertiary/aromatic N) is 3. The second-order valence-corrected chi connectivity index (χ2v) is 11.7. The van der Waals surface area contributed by atoms with Gasteiger partial charge in [0.2, 0.25) is 5.91 Å². The van der Waals surface area contributed by atoms with Gasteiger partial charge in [0.15, 0.2) is 0 Å². The Morgan fingerprint density at radius 3 is 2.61 bits per heavy atom. The molecule has 0 aromatic heterocycles. The summed E-state index contributed by atoms with van der Waals surface area (Å²) in [4.78, 5) is 42.6. The Hall–Kier alpha value is -3.38. The summed E-state index contributed by atoms with van der Waals surface area (Å²) >= 11 is 3.54. The van der Waals surface area contributed by atoms with E-state index in [1.54, 1.807) is 17.0 Å². The molecule has 2 heterocycles. The molecular formula is C29H32BrN3O5. The molecule has 9 heteroatoms. The van der Waals surface area contributed by atoms with Crippen molar-refractivity contribution >= 4 is 34.0 Å². The van der Waals surface area contributed by atoms with Crippen molar-refractivity contribution < 1.29 is 23.9 Å². The molecule has 8 nitrogen and oxygen atoms in total. The molecule has 2 aromatic rings. The lowest BCUT2D eigenvalue weighted by Gasteiger charge is -2.29. The van der Waals surface area contributed by atoms with Gasteiger partial charge in [0, 0.05) is 23.5 Å². The van der Waals surface area contributed by atoms with Crippen molar-refractivity contribution in [2.45, 2.75) is 51.7 Å². The number of cyclic esters (lactones) is 1. The monoisotopic (exact) mass is 581 g/mol. The third-order valence-electron chi connectivity index (χ3n) is 6.90. The van der Waals surface area contributed by atoms with Crippen molar-refractivity contribution in [2.75, 3.05) is 19.7 Å². The number of carbonyl (C=O) groups excluding carboxylic acids is 3. The molecule has 3 amide bonds. The Labute approximate surface area is 231 Å². The van der Waals surface area contributed by atoms with Crippen LogP contribution in [-0.4, -0.2) is 59.2 Å². The molecule has 0 unspecified atom stereocenters. The van der Waals surface area contributed by atoms with Gasteiger partial charge in [0.1, 0.15) is 12.2 Å². The van der Waals surface area contributed by atoms with Crippen molar-refractivity contribution in [2.24, 2.45) is 11.8 Å². The van der Waals surface area contributed by atoms with Gasteiger partial charge in [-0.3, -0.25) is 4.79 Å². The van der Waals surface area contributed by atoms with E-state index in [1.807, 2.05) is 57.2 Å². The number of imide groups is 1. The maximum absolute atomic E-state index is 14.1. The van der Waals surface area contributed by atoms with Crippen molar-refractivity contribution in [3.8, 4) is 6.07 Å². The topological polar surface area (TPSA) is 99.9 Å². The molecule has 0 radical (unpaired) electrons. The fourth-order valence-corrected chi connectivity index (χ4v) is 5.57. The highest BCUT2D eigenvalue weighted by molar-refractivity contribution is 9.10. The lowest BCUT2D eigenvalue weighted by Crippen LogP contribution is -2.46. The molecule has 0 aliphatic carbocycles. The number of amides is 3. The predicted octanol–water partition coefficient (Wildman–Crippen LogP) is 5.33.